The molecule has 112 valence electrons. The number of carbonyl (C=O) groups is 2. The van der Waals surface area contributed by atoms with Crippen molar-refractivity contribution < 1.29 is 14.7 Å². The number of hydrogen-bond acceptors (Lipinski definition) is 3. The second-order valence-electron chi connectivity index (χ2n) is 5.00. The highest BCUT2D eigenvalue weighted by Gasteiger charge is 2.17. The molecule has 5 nitrogen and oxygen atoms in total. The molecular weight excluding hydrogens is 244 g/mol. The van der Waals surface area contributed by atoms with E-state index in [9.17, 15) is 9.59 Å². The van der Waals surface area contributed by atoms with E-state index < -0.39 is 5.97 Å². The summed E-state index contributed by atoms with van der Waals surface area (Å²) in [7, 11) is 0. The molecular formula is C14H28N2O3. The molecule has 0 radical (unpaired) electrons. The van der Waals surface area contributed by atoms with Gasteiger partial charge in [-0.25, -0.2) is 0 Å². The first-order valence-corrected chi connectivity index (χ1v) is 7.15. The van der Waals surface area contributed by atoms with Gasteiger partial charge in [0.1, 0.15) is 0 Å². The van der Waals surface area contributed by atoms with Crippen LogP contribution in [0.5, 0.6) is 0 Å². The van der Waals surface area contributed by atoms with Crippen molar-refractivity contribution in [3.63, 3.8) is 0 Å². The Labute approximate surface area is 116 Å². The maximum atomic E-state index is 12.0. The lowest BCUT2D eigenvalue weighted by Crippen LogP contribution is -2.38. The van der Waals surface area contributed by atoms with Crippen LogP contribution in [0.2, 0.25) is 0 Å². The van der Waals surface area contributed by atoms with Crippen LogP contribution in [0.1, 0.15) is 40.5 Å². The zero-order valence-corrected chi connectivity index (χ0v) is 12.7. The van der Waals surface area contributed by atoms with Crippen LogP contribution >= 0.6 is 0 Å². The molecule has 0 saturated heterocycles. The molecule has 0 rings (SSSR count). The van der Waals surface area contributed by atoms with Gasteiger partial charge in [-0.3, -0.25) is 9.59 Å². The van der Waals surface area contributed by atoms with Gasteiger partial charge >= 0.3 is 5.97 Å². The van der Waals surface area contributed by atoms with Gasteiger partial charge in [0.15, 0.2) is 0 Å². The van der Waals surface area contributed by atoms with Crippen LogP contribution in [-0.4, -0.2) is 59.5 Å². The third-order valence-corrected chi connectivity index (χ3v) is 3.20. The van der Waals surface area contributed by atoms with Crippen molar-refractivity contribution >= 4 is 11.9 Å². The van der Waals surface area contributed by atoms with Crippen LogP contribution in [-0.2, 0) is 9.59 Å². The molecule has 0 spiro atoms. The Morgan fingerprint density at radius 1 is 1.05 bits per heavy atom. The molecule has 0 aromatic rings. The Kier molecular flexibility index (Phi) is 9.21. The third-order valence-electron chi connectivity index (χ3n) is 3.20. The number of nitrogens with zero attached hydrogens (tertiary/aromatic N) is 2. The molecule has 0 aromatic heterocycles. The van der Waals surface area contributed by atoms with Crippen molar-refractivity contribution in [2.75, 3.05) is 32.7 Å². The fourth-order valence-electron chi connectivity index (χ4n) is 1.95. The first-order valence-electron chi connectivity index (χ1n) is 7.15. The van der Waals surface area contributed by atoms with Crippen molar-refractivity contribution in [1.29, 1.82) is 0 Å². The Morgan fingerprint density at radius 3 is 2.05 bits per heavy atom. The van der Waals surface area contributed by atoms with Crippen molar-refractivity contribution in [1.82, 2.24) is 9.80 Å². The second-order valence-corrected chi connectivity index (χ2v) is 5.00. The largest absolute Gasteiger partial charge is 0.481 e. The predicted molar refractivity (Wildman–Crippen MR) is 76.1 cm³/mol. The summed E-state index contributed by atoms with van der Waals surface area (Å²) in [6.45, 7) is 11.8. The Morgan fingerprint density at radius 2 is 1.63 bits per heavy atom. The molecule has 0 fully saturated rings. The van der Waals surface area contributed by atoms with Gasteiger partial charge < -0.3 is 14.9 Å². The molecule has 0 aliphatic rings. The van der Waals surface area contributed by atoms with Crippen LogP contribution < -0.4 is 0 Å². The summed E-state index contributed by atoms with van der Waals surface area (Å²) in [5.74, 6) is -0.895. The first-order chi connectivity index (χ1) is 8.92. The Balaban J connectivity index is 4.26. The lowest BCUT2D eigenvalue weighted by molar-refractivity contribution is -0.139. The van der Waals surface area contributed by atoms with Gasteiger partial charge in [0.25, 0.3) is 0 Å². The van der Waals surface area contributed by atoms with E-state index in [2.05, 4.69) is 18.7 Å². The van der Waals surface area contributed by atoms with Crippen LogP contribution in [0.3, 0.4) is 0 Å². The number of hydrogen-bond donors (Lipinski definition) is 1. The van der Waals surface area contributed by atoms with E-state index in [4.69, 9.17) is 5.11 Å². The zero-order valence-electron chi connectivity index (χ0n) is 12.7. The number of aliphatic carboxylic acids is 1. The van der Waals surface area contributed by atoms with Gasteiger partial charge in [0.05, 0.1) is 6.42 Å². The van der Waals surface area contributed by atoms with Crippen molar-refractivity contribution in [2.45, 2.75) is 40.5 Å². The molecule has 1 N–H and O–H groups in total. The lowest BCUT2D eigenvalue weighted by atomic mass is 10.1. The molecule has 0 unspecified atom stereocenters. The van der Waals surface area contributed by atoms with Crippen molar-refractivity contribution in [2.24, 2.45) is 5.92 Å². The minimum Gasteiger partial charge on any atom is -0.481 e. The highest BCUT2D eigenvalue weighted by molar-refractivity contribution is 5.78. The molecule has 19 heavy (non-hydrogen) atoms. The van der Waals surface area contributed by atoms with Gasteiger partial charge in [-0.1, -0.05) is 27.7 Å². The summed E-state index contributed by atoms with van der Waals surface area (Å²) < 4.78 is 0. The normalized spacial score (nSPS) is 11.1. The number of rotatable bonds is 10. The van der Waals surface area contributed by atoms with Gasteiger partial charge in [-0.2, -0.15) is 0 Å². The summed E-state index contributed by atoms with van der Waals surface area (Å²) in [6, 6.07) is 0. The Hall–Kier alpha value is -1.10. The van der Waals surface area contributed by atoms with Crippen molar-refractivity contribution in [3.8, 4) is 0 Å². The zero-order chi connectivity index (χ0) is 14.8. The van der Waals surface area contributed by atoms with E-state index >= 15 is 0 Å². The SMILES string of the molecule is CCN(CC)CCCN(CCC(=O)O)C(=O)C(C)C. The van der Waals surface area contributed by atoms with Crippen LogP contribution in [0.15, 0.2) is 0 Å². The number of carboxylic acid groups (broad SMARTS) is 1. The van der Waals surface area contributed by atoms with E-state index in [1.54, 1.807) is 4.90 Å². The summed E-state index contributed by atoms with van der Waals surface area (Å²) >= 11 is 0. The van der Waals surface area contributed by atoms with E-state index in [-0.39, 0.29) is 18.2 Å². The maximum absolute atomic E-state index is 12.0. The molecule has 0 aliphatic carbocycles. The lowest BCUT2D eigenvalue weighted by Gasteiger charge is -2.25. The smallest absolute Gasteiger partial charge is 0.305 e. The topological polar surface area (TPSA) is 60.9 Å². The highest BCUT2D eigenvalue weighted by Crippen LogP contribution is 2.04. The Bertz CT molecular complexity index is 276. The molecule has 0 heterocycles. The summed E-state index contributed by atoms with van der Waals surface area (Å²) in [4.78, 5) is 26.6. The summed E-state index contributed by atoms with van der Waals surface area (Å²) in [5, 5.41) is 8.73. The quantitative estimate of drug-likeness (QED) is 0.657. The van der Waals surface area contributed by atoms with Crippen molar-refractivity contribution in [3.05, 3.63) is 0 Å². The number of amides is 1. The van der Waals surface area contributed by atoms with Gasteiger partial charge in [0.2, 0.25) is 5.91 Å². The molecule has 1 amide bonds. The third kappa shape index (κ3) is 7.82. The molecule has 5 heteroatoms. The van der Waals surface area contributed by atoms with Crippen LogP contribution in [0, 0.1) is 5.92 Å². The van der Waals surface area contributed by atoms with Gasteiger partial charge in [-0.15, -0.1) is 0 Å². The molecule has 0 aliphatic heterocycles. The molecule has 0 bridgehead atoms. The number of carbonyl (C=O) groups excluding carboxylic acids is 1. The highest BCUT2D eigenvalue weighted by atomic mass is 16.4. The van der Waals surface area contributed by atoms with E-state index in [0.29, 0.717) is 13.1 Å². The average molecular weight is 272 g/mol. The number of carboxylic acids is 1. The fraction of sp³-hybridized carbons (Fsp3) is 0.857. The van der Waals surface area contributed by atoms with E-state index in [0.717, 1.165) is 26.1 Å². The standard InChI is InChI=1S/C14H28N2O3/c1-5-15(6-2)9-7-10-16(11-8-13(17)18)14(19)12(3)4/h12H,5-11H2,1-4H3,(H,17,18). The summed E-state index contributed by atoms with van der Waals surface area (Å²) in [6.07, 6.45) is 0.906. The summed E-state index contributed by atoms with van der Waals surface area (Å²) in [5.41, 5.74) is 0. The van der Waals surface area contributed by atoms with E-state index in [1.807, 2.05) is 13.8 Å². The minimum atomic E-state index is -0.856. The van der Waals surface area contributed by atoms with Crippen LogP contribution in [0.25, 0.3) is 0 Å². The van der Waals surface area contributed by atoms with E-state index in [1.165, 1.54) is 0 Å². The fourth-order valence-corrected chi connectivity index (χ4v) is 1.95. The minimum absolute atomic E-state index is 0.0176. The van der Waals surface area contributed by atoms with Gasteiger partial charge in [-0.05, 0) is 26.1 Å². The maximum Gasteiger partial charge on any atom is 0.305 e. The molecule has 0 atom stereocenters. The monoisotopic (exact) mass is 272 g/mol. The first kappa shape index (κ1) is 17.9. The molecule has 0 aromatic carbocycles. The predicted octanol–water partition coefficient (Wildman–Crippen LogP) is 1.68. The molecule has 0 saturated carbocycles. The van der Waals surface area contributed by atoms with Gasteiger partial charge in [0, 0.05) is 19.0 Å². The second kappa shape index (κ2) is 9.78. The average Bonchev–Trinajstić information content (AvgIpc) is 2.37. The van der Waals surface area contributed by atoms with Crippen LogP contribution in [0.4, 0.5) is 0 Å².